The second kappa shape index (κ2) is 4.43. The van der Waals surface area contributed by atoms with Crippen LogP contribution in [0.3, 0.4) is 0 Å². The molecule has 0 spiro atoms. The Balaban J connectivity index is 0.000000396. The lowest BCUT2D eigenvalue weighted by Crippen LogP contribution is -2.18. The van der Waals surface area contributed by atoms with E-state index in [9.17, 15) is 0 Å². The van der Waals surface area contributed by atoms with Crippen LogP contribution in [0.2, 0.25) is 0 Å². The zero-order chi connectivity index (χ0) is 9.84. The normalized spacial score (nSPS) is 18.9. The zero-order valence-corrected chi connectivity index (χ0v) is 8.80. The number of benzene rings is 1. The van der Waals surface area contributed by atoms with Gasteiger partial charge >= 0.3 is 0 Å². The highest BCUT2D eigenvalue weighted by Gasteiger charge is 2.16. The molecule has 1 aromatic carbocycles. The molecule has 72 valence electrons. The van der Waals surface area contributed by atoms with Gasteiger partial charge in [-0.05, 0) is 30.9 Å². The molecule has 0 aromatic heterocycles. The maximum Gasteiger partial charge on any atom is 0.0120 e. The topological polar surface area (TPSA) is 26.0 Å². The number of aryl methyl sites for hydroxylation is 1. The summed E-state index contributed by atoms with van der Waals surface area (Å²) >= 11 is 0. The fourth-order valence-electron chi connectivity index (χ4n) is 1.78. The summed E-state index contributed by atoms with van der Waals surface area (Å²) in [6.45, 7) is 6.13. The Bertz CT molecular complexity index is 278. The minimum absolute atomic E-state index is 0.367. The molecule has 2 N–H and O–H groups in total. The summed E-state index contributed by atoms with van der Waals surface area (Å²) in [6, 6.07) is 6.99. The van der Waals surface area contributed by atoms with Gasteiger partial charge in [-0.1, -0.05) is 37.6 Å². The van der Waals surface area contributed by atoms with Gasteiger partial charge in [0.05, 0.1) is 0 Å². The molecule has 1 aliphatic carbocycles. The Morgan fingerprint density at radius 1 is 1.15 bits per heavy atom. The summed E-state index contributed by atoms with van der Waals surface area (Å²) in [4.78, 5) is 0. The molecular formula is C12H19N. The lowest BCUT2D eigenvalue weighted by atomic mass is 10.1. The van der Waals surface area contributed by atoms with Gasteiger partial charge in [0.2, 0.25) is 0 Å². The molecule has 1 atom stereocenters. The third kappa shape index (κ3) is 2.31. The van der Waals surface area contributed by atoms with Crippen LogP contribution in [-0.4, -0.2) is 6.04 Å². The molecule has 1 heteroatoms. The fourth-order valence-corrected chi connectivity index (χ4v) is 1.78. The monoisotopic (exact) mass is 177 g/mol. The molecule has 1 aliphatic rings. The maximum absolute atomic E-state index is 5.84. The van der Waals surface area contributed by atoms with Crippen molar-refractivity contribution in [3.05, 3.63) is 34.9 Å². The first-order valence-corrected chi connectivity index (χ1v) is 5.09. The predicted molar refractivity (Wildman–Crippen MR) is 57.9 cm³/mol. The minimum atomic E-state index is 0.367. The van der Waals surface area contributed by atoms with E-state index in [1.54, 1.807) is 0 Å². The molecule has 0 saturated heterocycles. The average molecular weight is 177 g/mol. The predicted octanol–water partition coefficient (Wildman–Crippen LogP) is 2.45. The largest absolute Gasteiger partial charge is 0.327 e. The number of hydrogen-bond donors (Lipinski definition) is 1. The van der Waals surface area contributed by atoms with Gasteiger partial charge in [-0.25, -0.2) is 0 Å². The minimum Gasteiger partial charge on any atom is -0.327 e. The van der Waals surface area contributed by atoms with E-state index in [4.69, 9.17) is 5.73 Å². The van der Waals surface area contributed by atoms with E-state index in [0.29, 0.717) is 6.04 Å². The number of rotatable bonds is 0. The van der Waals surface area contributed by atoms with Gasteiger partial charge in [-0.3, -0.25) is 0 Å². The molecule has 2 rings (SSSR count). The molecular weight excluding hydrogens is 158 g/mol. The van der Waals surface area contributed by atoms with Crippen LogP contribution in [0.1, 0.15) is 30.5 Å². The Labute approximate surface area is 81.0 Å². The van der Waals surface area contributed by atoms with Crippen LogP contribution in [0.4, 0.5) is 0 Å². The van der Waals surface area contributed by atoms with Crippen molar-refractivity contribution in [2.75, 3.05) is 0 Å². The first kappa shape index (κ1) is 10.3. The van der Waals surface area contributed by atoms with Gasteiger partial charge in [0.25, 0.3) is 0 Å². The van der Waals surface area contributed by atoms with E-state index >= 15 is 0 Å². The van der Waals surface area contributed by atoms with Crippen LogP contribution in [-0.2, 0) is 12.8 Å². The molecule has 0 radical (unpaired) electrons. The molecule has 0 bridgehead atoms. The SMILES string of the molecule is CC.Cc1ccc2c(c1)CC(N)C2. The van der Waals surface area contributed by atoms with E-state index in [0.717, 1.165) is 12.8 Å². The van der Waals surface area contributed by atoms with Crippen LogP contribution in [0.15, 0.2) is 18.2 Å². The number of nitrogens with two attached hydrogens (primary N) is 1. The standard InChI is InChI=1S/C10H13N.C2H6/c1-7-2-3-8-5-10(11)6-9(8)4-7;1-2/h2-4,10H,5-6,11H2,1H3;1-2H3. The Morgan fingerprint density at radius 2 is 1.77 bits per heavy atom. The van der Waals surface area contributed by atoms with Crippen molar-refractivity contribution in [3.8, 4) is 0 Å². The Kier molecular flexibility index (Phi) is 3.49. The molecule has 0 heterocycles. The van der Waals surface area contributed by atoms with Crippen molar-refractivity contribution < 1.29 is 0 Å². The smallest absolute Gasteiger partial charge is 0.0120 e. The van der Waals surface area contributed by atoms with Gasteiger partial charge in [0.15, 0.2) is 0 Å². The molecule has 0 saturated carbocycles. The highest BCUT2D eigenvalue weighted by atomic mass is 14.6. The van der Waals surface area contributed by atoms with Crippen LogP contribution in [0.25, 0.3) is 0 Å². The van der Waals surface area contributed by atoms with Crippen LogP contribution in [0, 0.1) is 6.92 Å². The van der Waals surface area contributed by atoms with E-state index in [-0.39, 0.29) is 0 Å². The zero-order valence-electron chi connectivity index (χ0n) is 8.80. The van der Waals surface area contributed by atoms with E-state index in [1.165, 1.54) is 16.7 Å². The first-order valence-electron chi connectivity index (χ1n) is 5.09. The fraction of sp³-hybridized carbons (Fsp3) is 0.500. The van der Waals surface area contributed by atoms with Crippen molar-refractivity contribution >= 4 is 0 Å². The van der Waals surface area contributed by atoms with Gasteiger partial charge in [0, 0.05) is 6.04 Å². The van der Waals surface area contributed by atoms with Crippen molar-refractivity contribution in [2.24, 2.45) is 5.73 Å². The molecule has 13 heavy (non-hydrogen) atoms. The first-order chi connectivity index (χ1) is 6.25. The third-order valence-corrected chi connectivity index (χ3v) is 2.33. The molecule has 0 amide bonds. The molecule has 1 aromatic rings. The average Bonchev–Trinajstić information content (AvgIpc) is 2.48. The molecule has 0 fully saturated rings. The Hall–Kier alpha value is -0.820. The van der Waals surface area contributed by atoms with Crippen molar-refractivity contribution in [1.29, 1.82) is 0 Å². The number of fused-ring (bicyclic) bond motifs is 1. The highest BCUT2D eigenvalue weighted by molar-refractivity contribution is 5.36. The lowest BCUT2D eigenvalue weighted by Gasteiger charge is -1.97. The van der Waals surface area contributed by atoms with Crippen molar-refractivity contribution in [1.82, 2.24) is 0 Å². The van der Waals surface area contributed by atoms with Crippen LogP contribution in [0.5, 0.6) is 0 Å². The summed E-state index contributed by atoms with van der Waals surface area (Å²) in [7, 11) is 0. The van der Waals surface area contributed by atoms with Crippen LogP contribution >= 0.6 is 0 Å². The Morgan fingerprint density at radius 3 is 2.46 bits per heavy atom. The summed E-state index contributed by atoms with van der Waals surface area (Å²) < 4.78 is 0. The molecule has 1 unspecified atom stereocenters. The van der Waals surface area contributed by atoms with Gasteiger partial charge in [-0.2, -0.15) is 0 Å². The second-order valence-corrected chi connectivity index (χ2v) is 3.44. The van der Waals surface area contributed by atoms with Gasteiger partial charge < -0.3 is 5.73 Å². The maximum atomic E-state index is 5.84. The van der Waals surface area contributed by atoms with E-state index < -0.39 is 0 Å². The van der Waals surface area contributed by atoms with Gasteiger partial charge in [-0.15, -0.1) is 0 Å². The van der Waals surface area contributed by atoms with Gasteiger partial charge in [0.1, 0.15) is 0 Å². The highest BCUT2D eigenvalue weighted by Crippen LogP contribution is 2.21. The summed E-state index contributed by atoms with van der Waals surface area (Å²) in [5, 5.41) is 0. The lowest BCUT2D eigenvalue weighted by molar-refractivity contribution is 0.721. The van der Waals surface area contributed by atoms with Crippen molar-refractivity contribution in [3.63, 3.8) is 0 Å². The van der Waals surface area contributed by atoms with E-state index in [1.807, 2.05) is 13.8 Å². The van der Waals surface area contributed by atoms with Crippen molar-refractivity contribution in [2.45, 2.75) is 39.7 Å². The summed E-state index contributed by atoms with van der Waals surface area (Å²) in [5.41, 5.74) is 10.1. The third-order valence-electron chi connectivity index (χ3n) is 2.33. The summed E-state index contributed by atoms with van der Waals surface area (Å²) in [5.74, 6) is 0. The molecule has 1 nitrogen and oxygen atoms in total. The summed E-state index contributed by atoms with van der Waals surface area (Å²) in [6.07, 6.45) is 2.13. The second-order valence-electron chi connectivity index (χ2n) is 3.44. The number of hydrogen-bond acceptors (Lipinski definition) is 1. The quantitative estimate of drug-likeness (QED) is 0.647. The van der Waals surface area contributed by atoms with Crippen LogP contribution < -0.4 is 5.73 Å². The van der Waals surface area contributed by atoms with E-state index in [2.05, 4.69) is 25.1 Å². The molecule has 0 aliphatic heterocycles.